The summed E-state index contributed by atoms with van der Waals surface area (Å²) in [6.45, 7) is 2.70. The van der Waals surface area contributed by atoms with Crippen molar-refractivity contribution in [1.82, 2.24) is 28.9 Å². The summed E-state index contributed by atoms with van der Waals surface area (Å²) in [4.78, 5) is 14.5. The van der Waals surface area contributed by atoms with Crippen LogP contribution in [0.3, 0.4) is 0 Å². The number of rotatable bonds is 6. The first-order chi connectivity index (χ1) is 10.9. The molecule has 0 N–H and O–H groups in total. The van der Waals surface area contributed by atoms with Crippen LogP contribution < -0.4 is 0 Å². The Morgan fingerprint density at radius 1 is 0.250 bits per heavy atom. The van der Waals surface area contributed by atoms with Gasteiger partial charge in [0.25, 0.3) is 0 Å². The SMILES string of the molecule is CN(C)B1B(N(C)C)B(N(C)C)B(N(C)C)B(N(C)C)B1N(C)C. The van der Waals surface area contributed by atoms with Gasteiger partial charge in [0.15, 0.2) is 39.8 Å². The first-order valence-electron chi connectivity index (χ1n) is 8.92. The van der Waals surface area contributed by atoms with Crippen LogP contribution in [0.15, 0.2) is 0 Å². The summed E-state index contributed by atoms with van der Waals surface area (Å²) < 4.78 is 0. The van der Waals surface area contributed by atoms with Gasteiger partial charge in [0.2, 0.25) is 0 Å². The third-order valence-electron chi connectivity index (χ3n) is 5.68. The molecule has 1 aliphatic heterocycles. The molecule has 1 fully saturated rings. The highest BCUT2D eigenvalue weighted by Crippen LogP contribution is 2.22. The molecule has 1 rings (SSSR count). The molecule has 0 bridgehead atoms. The minimum Gasteiger partial charge on any atom is -0.359 e. The van der Waals surface area contributed by atoms with E-state index in [2.05, 4.69) is 113 Å². The first kappa shape index (κ1) is 22.2. The molecule has 0 aromatic heterocycles. The average Bonchev–Trinajstić information content (AvgIpc) is 2.42. The summed E-state index contributed by atoms with van der Waals surface area (Å²) in [7, 11) is 26.8. The van der Waals surface area contributed by atoms with Gasteiger partial charge in [-0.1, -0.05) is 0 Å². The van der Waals surface area contributed by atoms with Crippen molar-refractivity contribution >= 4 is 39.8 Å². The smallest absolute Gasteiger partial charge is 0.181 e. The maximum atomic E-state index is 2.42. The Hall–Kier alpha value is 0.150. The third kappa shape index (κ3) is 4.27. The van der Waals surface area contributed by atoms with E-state index in [1.54, 1.807) is 0 Å². The number of hydrogen-bond donors (Lipinski definition) is 0. The highest BCUT2D eigenvalue weighted by Gasteiger charge is 2.64. The Labute approximate surface area is 153 Å². The first-order valence-corrected chi connectivity index (χ1v) is 8.92. The molecular weight excluding hydrogens is 293 g/mol. The highest BCUT2D eigenvalue weighted by atomic mass is 15.1. The van der Waals surface area contributed by atoms with Crippen molar-refractivity contribution < 1.29 is 0 Å². The van der Waals surface area contributed by atoms with Crippen LogP contribution >= 0.6 is 0 Å². The van der Waals surface area contributed by atoms with Crippen molar-refractivity contribution in [2.24, 2.45) is 0 Å². The lowest BCUT2D eigenvalue weighted by Crippen LogP contribution is -2.92. The summed E-state index contributed by atoms with van der Waals surface area (Å²) in [6, 6.07) is 0. The lowest BCUT2D eigenvalue weighted by Gasteiger charge is -2.54. The lowest BCUT2D eigenvalue weighted by atomic mass is 8.61. The van der Waals surface area contributed by atoms with Gasteiger partial charge in [-0.2, -0.15) is 0 Å². The summed E-state index contributed by atoms with van der Waals surface area (Å²) >= 11 is 0. The van der Waals surface area contributed by atoms with Crippen LogP contribution in [0.2, 0.25) is 0 Å². The molecule has 0 unspecified atom stereocenters. The van der Waals surface area contributed by atoms with Crippen LogP contribution in [0.25, 0.3) is 0 Å². The van der Waals surface area contributed by atoms with Gasteiger partial charge in [-0.05, 0) is 84.6 Å². The number of hydrogen-bond acceptors (Lipinski definition) is 6. The third-order valence-corrected chi connectivity index (χ3v) is 5.68. The van der Waals surface area contributed by atoms with E-state index in [1.165, 1.54) is 0 Å². The summed E-state index contributed by atoms with van der Waals surface area (Å²) in [5.41, 5.74) is 0. The average molecular weight is 329 g/mol. The zero-order valence-electron chi connectivity index (χ0n) is 18.1. The van der Waals surface area contributed by atoms with Crippen LogP contribution in [0, 0.1) is 0 Å². The van der Waals surface area contributed by atoms with Crippen LogP contribution in [-0.4, -0.2) is 153 Å². The molecule has 0 radical (unpaired) electrons. The molecular formula is C12H36B6N6. The maximum absolute atomic E-state index is 2.42. The zero-order chi connectivity index (χ0) is 18.9. The van der Waals surface area contributed by atoms with E-state index < -0.39 is 0 Å². The van der Waals surface area contributed by atoms with E-state index in [0.29, 0.717) is 39.8 Å². The molecule has 0 atom stereocenters. The molecule has 0 spiro atoms. The van der Waals surface area contributed by atoms with E-state index in [0.717, 1.165) is 0 Å². The second-order valence-electron chi connectivity index (χ2n) is 8.73. The van der Waals surface area contributed by atoms with E-state index in [4.69, 9.17) is 0 Å². The van der Waals surface area contributed by atoms with Crippen molar-refractivity contribution in [3.8, 4) is 0 Å². The Balaban J connectivity index is 3.58. The molecule has 0 aromatic rings. The quantitative estimate of drug-likeness (QED) is 0.511. The van der Waals surface area contributed by atoms with E-state index in [9.17, 15) is 0 Å². The van der Waals surface area contributed by atoms with E-state index in [1.807, 2.05) is 0 Å². The molecule has 1 aliphatic rings. The molecule has 12 heteroatoms. The van der Waals surface area contributed by atoms with E-state index in [-0.39, 0.29) is 0 Å². The Kier molecular flexibility index (Phi) is 8.04. The van der Waals surface area contributed by atoms with Crippen LogP contribution in [0.4, 0.5) is 0 Å². The normalized spacial score (nSPS) is 17.2. The molecule has 1 saturated heterocycles. The summed E-state index contributed by atoms with van der Waals surface area (Å²) in [5, 5.41) is 0. The molecule has 0 aliphatic carbocycles. The van der Waals surface area contributed by atoms with Crippen molar-refractivity contribution in [3.05, 3.63) is 0 Å². The second kappa shape index (κ2) is 8.69. The van der Waals surface area contributed by atoms with Crippen molar-refractivity contribution in [2.75, 3.05) is 84.6 Å². The molecule has 1 heterocycles. The summed E-state index contributed by atoms with van der Waals surface area (Å²) in [5.74, 6) is 0. The van der Waals surface area contributed by atoms with Crippen molar-refractivity contribution in [1.29, 1.82) is 0 Å². The molecule has 0 saturated carbocycles. The maximum Gasteiger partial charge on any atom is 0.181 e. The molecule has 0 aromatic carbocycles. The predicted molar refractivity (Wildman–Crippen MR) is 117 cm³/mol. The fourth-order valence-electron chi connectivity index (χ4n) is 4.88. The standard InChI is InChI=1S/C12H36B6N6/c1-19(2)13-14(20(3)4)16(22(7)8)18(24(11)12)17(23(9)10)15(13)21(5)6/h1-12H3. The van der Waals surface area contributed by atoms with Crippen molar-refractivity contribution in [2.45, 2.75) is 0 Å². The second-order valence-corrected chi connectivity index (χ2v) is 8.73. The van der Waals surface area contributed by atoms with Gasteiger partial charge >= 0.3 is 0 Å². The zero-order valence-corrected chi connectivity index (χ0v) is 18.1. The fourth-order valence-corrected chi connectivity index (χ4v) is 4.88. The van der Waals surface area contributed by atoms with Crippen LogP contribution in [-0.2, 0) is 0 Å². The summed E-state index contributed by atoms with van der Waals surface area (Å²) in [6.07, 6.45) is 0. The highest BCUT2D eigenvalue weighted by molar-refractivity contribution is 7.94. The monoisotopic (exact) mass is 330 g/mol. The largest absolute Gasteiger partial charge is 0.359 e. The van der Waals surface area contributed by atoms with Gasteiger partial charge in [-0.25, -0.2) is 0 Å². The fraction of sp³-hybridized carbons (Fsp3) is 1.00. The van der Waals surface area contributed by atoms with E-state index >= 15 is 0 Å². The topological polar surface area (TPSA) is 19.4 Å². The molecule has 6 nitrogen and oxygen atoms in total. The number of nitrogens with zero attached hydrogens (tertiary/aromatic N) is 6. The molecule has 132 valence electrons. The predicted octanol–water partition coefficient (Wildman–Crippen LogP) is -2.21. The minimum absolute atomic E-state index is 0.450. The minimum atomic E-state index is 0.450. The van der Waals surface area contributed by atoms with Gasteiger partial charge in [0.1, 0.15) is 0 Å². The van der Waals surface area contributed by atoms with Gasteiger partial charge in [-0.15, -0.1) is 0 Å². The molecule has 24 heavy (non-hydrogen) atoms. The van der Waals surface area contributed by atoms with Crippen LogP contribution in [0.5, 0.6) is 0 Å². The Morgan fingerprint density at radius 3 is 0.375 bits per heavy atom. The Morgan fingerprint density at radius 2 is 0.333 bits per heavy atom. The lowest BCUT2D eigenvalue weighted by molar-refractivity contribution is 0.596. The van der Waals surface area contributed by atoms with Gasteiger partial charge in [0, 0.05) is 0 Å². The van der Waals surface area contributed by atoms with Gasteiger partial charge in [0.05, 0.1) is 0 Å². The van der Waals surface area contributed by atoms with Crippen molar-refractivity contribution in [3.63, 3.8) is 0 Å². The van der Waals surface area contributed by atoms with Gasteiger partial charge < -0.3 is 28.9 Å². The van der Waals surface area contributed by atoms with Crippen LogP contribution in [0.1, 0.15) is 0 Å². The molecule has 0 amide bonds. The van der Waals surface area contributed by atoms with Gasteiger partial charge in [-0.3, -0.25) is 0 Å². The Bertz CT molecular complexity index is 291.